The summed E-state index contributed by atoms with van der Waals surface area (Å²) >= 11 is 0. The van der Waals surface area contributed by atoms with Crippen molar-refractivity contribution in [3.8, 4) is 0 Å². The number of aliphatic hydroxyl groups is 1. The van der Waals surface area contributed by atoms with Crippen LogP contribution >= 0.6 is 0 Å². The summed E-state index contributed by atoms with van der Waals surface area (Å²) in [5.74, 6) is 0.278. The zero-order valence-corrected chi connectivity index (χ0v) is 11.2. The zero-order chi connectivity index (χ0) is 13.1. The second kappa shape index (κ2) is 10.5. The maximum Gasteiger partial charge on any atom is 0.220 e. The normalized spacial score (nSPS) is 14.4. The minimum absolute atomic E-state index is 0.0418. The molecule has 0 aliphatic carbocycles. The van der Waals surface area contributed by atoms with Gasteiger partial charge in [-0.2, -0.15) is 0 Å². The van der Waals surface area contributed by atoms with E-state index in [0.29, 0.717) is 13.0 Å². The largest absolute Gasteiger partial charge is 0.391 e. The molecule has 0 heterocycles. The van der Waals surface area contributed by atoms with Gasteiger partial charge >= 0.3 is 0 Å². The van der Waals surface area contributed by atoms with Gasteiger partial charge in [-0.05, 0) is 25.3 Å². The highest BCUT2D eigenvalue weighted by Crippen LogP contribution is 2.06. The van der Waals surface area contributed by atoms with Crippen LogP contribution in [0.15, 0.2) is 0 Å². The van der Waals surface area contributed by atoms with Crippen molar-refractivity contribution in [3.05, 3.63) is 0 Å². The zero-order valence-electron chi connectivity index (χ0n) is 11.2. The fraction of sp³-hybridized carbons (Fsp3) is 0.923. The van der Waals surface area contributed by atoms with Crippen molar-refractivity contribution in [1.82, 2.24) is 5.32 Å². The van der Waals surface area contributed by atoms with Crippen LogP contribution in [0.5, 0.6) is 0 Å². The highest BCUT2D eigenvalue weighted by Gasteiger charge is 2.12. The van der Waals surface area contributed by atoms with Gasteiger partial charge in [-0.15, -0.1) is 0 Å². The van der Waals surface area contributed by atoms with Crippen molar-refractivity contribution in [2.75, 3.05) is 13.1 Å². The Kier molecular flexibility index (Phi) is 10.2. The summed E-state index contributed by atoms with van der Waals surface area (Å²) in [5.41, 5.74) is 5.39. The number of nitrogens with two attached hydrogens (primary N) is 1. The summed E-state index contributed by atoms with van der Waals surface area (Å²) in [6, 6.07) is 0. The second-order valence-electron chi connectivity index (χ2n) is 4.71. The molecular weight excluding hydrogens is 216 g/mol. The van der Waals surface area contributed by atoms with Crippen LogP contribution in [0.3, 0.4) is 0 Å². The Bertz CT molecular complexity index is 198. The van der Waals surface area contributed by atoms with Crippen LogP contribution in [-0.4, -0.2) is 30.2 Å². The Balaban J connectivity index is 3.46. The fourth-order valence-electron chi connectivity index (χ4n) is 1.56. The number of carbonyl (C=O) groups is 1. The number of amides is 1. The molecule has 17 heavy (non-hydrogen) atoms. The molecule has 4 nitrogen and oxygen atoms in total. The molecule has 0 aliphatic heterocycles. The lowest BCUT2D eigenvalue weighted by atomic mass is 10.0. The molecule has 0 aromatic carbocycles. The van der Waals surface area contributed by atoms with Crippen LogP contribution in [0.1, 0.15) is 52.4 Å². The highest BCUT2D eigenvalue weighted by atomic mass is 16.3. The smallest absolute Gasteiger partial charge is 0.220 e. The quantitative estimate of drug-likeness (QED) is 0.509. The lowest BCUT2D eigenvalue weighted by Crippen LogP contribution is -2.35. The third-order valence-electron chi connectivity index (χ3n) is 3.17. The first-order chi connectivity index (χ1) is 8.11. The molecule has 0 fully saturated rings. The van der Waals surface area contributed by atoms with Gasteiger partial charge in [0.2, 0.25) is 5.91 Å². The predicted octanol–water partition coefficient (Wildman–Crippen LogP) is 1.42. The minimum Gasteiger partial charge on any atom is -0.391 e. The average molecular weight is 244 g/mol. The first kappa shape index (κ1) is 16.4. The fourth-order valence-corrected chi connectivity index (χ4v) is 1.56. The van der Waals surface area contributed by atoms with Crippen molar-refractivity contribution in [3.63, 3.8) is 0 Å². The molecule has 2 atom stereocenters. The molecule has 4 heteroatoms. The number of carbonyl (C=O) groups excluding carboxylic acids is 1. The molecule has 0 rings (SSSR count). The van der Waals surface area contributed by atoms with Crippen molar-refractivity contribution >= 4 is 5.91 Å². The van der Waals surface area contributed by atoms with E-state index in [0.717, 1.165) is 38.6 Å². The van der Waals surface area contributed by atoms with Crippen molar-refractivity contribution in [2.45, 2.75) is 58.5 Å². The number of rotatable bonds is 10. The van der Waals surface area contributed by atoms with Gasteiger partial charge in [-0.25, -0.2) is 0 Å². The second-order valence-corrected chi connectivity index (χ2v) is 4.71. The summed E-state index contributed by atoms with van der Waals surface area (Å²) in [6.07, 6.45) is 5.15. The van der Waals surface area contributed by atoms with E-state index in [2.05, 4.69) is 5.32 Å². The molecular formula is C13H28N2O2. The molecule has 0 saturated carbocycles. The van der Waals surface area contributed by atoms with E-state index in [1.54, 1.807) is 0 Å². The SMILES string of the molecule is CCC(C)C(O)CNC(=O)CCCCCCN. The van der Waals surface area contributed by atoms with E-state index >= 15 is 0 Å². The number of nitrogens with one attached hydrogen (secondary N) is 1. The molecule has 102 valence electrons. The van der Waals surface area contributed by atoms with Gasteiger partial charge in [0.25, 0.3) is 0 Å². The molecule has 0 radical (unpaired) electrons. The highest BCUT2D eigenvalue weighted by molar-refractivity contribution is 5.75. The lowest BCUT2D eigenvalue weighted by Gasteiger charge is -2.17. The van der Waals surface area contributed by atoms with Crippen molar-refractivity contribution in [1.29, 1.82) is 0 Å². The van der Waals surface area contributed by atoms with E-state index < -0.39 is 6.10 Å². The number of aliphatic hydroxyl groups excluding tert-OH is 1. The van der Waals surface area contributed by atoms with Gasteiger partial charge in [0.15, 0.2) is 0 Å². The van der Waals surface area contributed by atoms with E-state index in [9.17, 15) is 9.90 Å². The lowest BCUT2D eigenvalue weighted by molar-refractivity contribution is -0.121. The Morgan fingerprint density at radius 2 is 1.94 bits per heavy atom. The van der Waals surface area contributed by atoms with Crippen LogP contribution in [0.25, 0.3) is 0 Å². The third-order valence-corrected chi connectivity index (χ3v) is 3.17. The minimum atomic E-state index is -0.429. The summed E-state index contributed by atoms with van der Waals surface area (Å²) in [7, 11) is 0. The van der Waals surface area contributed by atoms with Crippen LogP contribution in [0.2, 0.25) is 0 Å². The Morgan fingerprint density at radius 1 is 1.29 bits per heavy atom. The van der Waals surface area contributed by atoms with Crippen LogP contribution in [0.4, 0.5) is 0 Å². The number of hydrogen-bond donors (Lipinski definition) is 3. The number of unbranched alkanes of at least 4 members (excludes halogenated alkanes) is 3. The molecule has 0 aromatic rings. The topological polar surface area (TPSA) is 75.3 Å². The van der Waals surface area contributed by atoms with Gasteiger partial charge in [0.05, 0.1) is 6.10 Å². The Morgan fingerprint density at radius 3 is 2.53 bits per heavy atom. The molecule has 0 saturated heterocycles. The molecule has 2 unspecified atom stereocenters. The molecule has 0 spiro atoms. The van der Waals surface area contributed by atoms with E-state index in [-0.39, 0.29) is 11.8 Å². The van der Waals surface area contributed by atoms with Gasteiger partial charge in [-0.1, -0.05) is 33.1 Å². The van der Waals surface area contributed by atoms with Gasteiger partial charge < -0.3 is 16.2 Å². The maximum atomic E-state index is 11.4. The number of hydrogen-bond acceptors (Lipinski definition) is 3. The summed E-state index contributed by atoms with van der Waals surface area (Å²) < 4.78 is 0. The van der Waals surface area contributed by atoms with Gasteiger partial charge in [0.1, 0.15) is 0 Å². The van der Waals surface area contributed by atoms with E-state index in [1.807, 2.05) is 13.8 Å². The van der Waals surface area contributed by atoms with Crippen LogP contribution in [0, 0.1) is 5.92 Å². The van der Waals surface area contributed by atoms with E-state index in [4.69, 9.17) is 5.73 Å². The first-order valence-corrected chi connectivity index (χ1v) is 6.76. The molecule has 0 aromatic heterocycles. The third kappa shape index (κ3) is 9.12. The Labute approximate surface area is 105 Å². The first-order valence-electron chi connectivity index (χ1n) is 6.76. The standard InChI is InChI=1S/C13H28N2O2/c1-3-11(2)12(16)10-15-13(17)8-6-4-5-7-9-14/h11-12,16H,3-10,14H2,1-2H3,(H,15,17). The molecule has 0 aliphatic rings. The maximum absolute atomic E-state index is 11.4. The van der Waals surface area contributed by atoms with Crippen LogP contribution < -0.4 is 11.1 Å². The van der Waals surface area contributed by atoms with Crippen LogP contribution in [-0.2, 0) is 4.79 Å². The summed E-state index contributed by atoms with van der Waals surface area (Å²) in [4.78, 5) is 11.4. The van der Waals surface area contributed by atoms with E-state index in [1.165, 1.54) is 0 Å². The van der Waals surface area contributed by atoms with Crippen molar-refractivity contribution < 1.29 is 9.90 Å². The summed E-state index contributed by atoms with van der Waals surface area (Å²) in [6.45, 7) is 5.13. The molecule has 1 amide bonds. The average Bonchev–Trinajstić information content (AvgIpc) is 2.34. The van der Waals surface area contributed by atoms with Gasteiger partial charge in [-0.3, -0.25) is 4.79 Å². The van der Waals surface area contributed by atoms with Crippen molar-refractivity contribution in [2.24, 2.45) is 11.7 Å². The summed E-state index contributed by atoms with van der Waals surface area (Å²) in [5, 5.41) is 12.5. The molecule has 4 N–H and O–H groups in total. The predicted molar refractivity (Wildman–Crippen MR) is 70.6 cm³/mol. The van der Waals surface area contributed by atoms with Gasteiger partial charge in [0, 0.05) is 13.0 Å². The molecule has 0 bridgehead atoms. The Hall–Kier alpha value is -0.610. The monoisotopic (exact) mass is 244 g/mol.